The van der Waals surface area contributed by atoms with E-state index in [1.165, 1.54) is 11.1 Å². The molecule has 0 aliphatic heterocycles. The first-order chi connectivity index (χ1) is 12.0. The van der Waals surface area contributed by atoms with Crippen LogP contribution in [0.4, 0.5) is 11.4 Å². The number of allylic oxidation sites excluding steroid dienone is 4. The van der Waals surface area contributed by atoms with E-state index in [9.17, 15) is 0 Å². The average Bonchev–Trinajstić information content (AvgIpc) is 2.55. The van der Waals surface area contributed by atoms with Crippen LogP contribution in [0.1, 0.15) is 38.7 Å². The van der Waals surface area contributed by atoms with E-state index in [4.69, 9.17) is 0 Å². The maximum absolute atomic E-state index is 3.46. The van der Waals surface area contributed by atoms with E-state index in [1.807, 2.05) is 18.2 Å². The van der Waals surface area contributed by atoms with Gasteiger partial charge in [-0.3, -0.25) is 0 Å². The molecule has 2 aromatic carbocycles. The Kier molecular flexibility index (Phi) is 5.10. The van der Waals surface area contributed by atoms with Crippen LogP contribution in [0.3, 0.4) is 0 Å². The molecule has 1 aliphatic rings. The molecular weight excluding hydrogens is 302 g/mol. The predicted molar refractivity (Wildman–Crippen MR) is 108 cm³/mol. The zero-order valence-corrected chi connectivity index (χ0v) is 15.2. The molecule has 0 aromatic heterocycles. The summed E-state index contributed by atoms with van der Waals surface area (Å²) >= 11 is 0. The van der Waals surface area contributed by atoms with Crippen LogP contribution in [-0.4, -0.2) is 0 Å². The lowest BCUT2D eigenvalue weighted by Gasteiger charge is -2.21. The van der Waals surface area contributed by atoms with Crippen molar-refractivity contribution in [1.29, 1.82) is 0 Å². The van der Waals surface area contributed by atoms with E-state index >= 15 is 0 Å². The van der Waals surface area contributed by atoms with Gasteiger partial charge in [-0.05, 0) is 40.8 Å². The van der Waals surface area contributed by atoms with Gasteiger partial charge in [0.15, 0.2) is 0 Å². The van der Waals surface area contributed by atoms with Crippen molar-refractivity contribution >= 4 is 11.4 Å². The summed E-state index contributed by atoms with van der Waals surface area (Å²) in [5.41, 5.74) is 4.91. The molecule has 126 valence electrons. The molecule has 25 heavy (non-hydrogen) atoms. The molecule has 1 nitrogen and oxygen atoms in total. The van der Waals surface area contributed by atoms with Gasteiger partial charge < -0.3 is 5.32 Å². The minimum absolute atomic E-state index is 0.128. The molecule has 1 unspecified atom stereocenters. The largest absolute Gasteiger partial charge is 0.356 e. The molecule has 0 bridgehead atoms. The molecule has 0 heterocycles. The van der Waals surface area contributed by atoms with Crippen molar-refractivity contribution in [1.82, 2.24) is 0 Å². The van der Waals surface area contributed by atoms with E-state index in [0.717, 1.165) is 17.8 Å². The number of nitrogens with one attached hydrogen (secondary N) is 1. The van der Waals surface area contributed by atoms with Gasteiger partial charge in [-0.1, -0.05) is 81.2 Å². The topological polar surface area (TPSA) is 12.0 Å². The summed E-state index contributed by atoms with van der Waals surface area (Å²) in [5, 5.41) is 3.46. The Labute approximate surface area is 151 Å². The molecule has 3 rings (SSSR count). The van der Waals surface area contributed by atoms with Gasteiger partial charge in [-0.15, -0.1) is 0 Å². The molecule has 1 N–H and O–H groups in total. The number of hydrogen-bond donors (Lipinski definition) is 1. The van der Waals surface area contributed by atoms with Crippen molar-refractivity contribution in [3.05, 3.63) is 84.0 Å². The van der Waals surface area contributed by atoms with Gasteiger partial charge in [-0.25, -0.2) is 0 Å². The first kappa shape index (κ1) is 17.1. The van der Waals surface area contributed by atoms with Crippen molar-refractivity contribution in [2.24, 2.45) is 5.41 Å². The lowest BCUT2D eigenvalue weighted by molar-refractivity contribution is 0.515. The quantitative estimate of drug-likeness (QED) is 0.639. The summed E-state index contributed by atoms with van der Waals surface area (Å²) < 4.78 is 0. The number of para-hydroxylation sites is 1. The predicted octanol–water partition coefficient (Wildman–Crippen LogP) is 6.45. The van der Waals surface area contributed by atoms with E-state index < -0.39 is 0 Å². The van der Waals surface area contributed by atoms with Crippen molar-refractivity contribution in [3.8, 4) is 11.8 Å². The zero-order chi connectivity index (χ0) is 17.7. The third-order valence-electron chi connectivity index (χ3n) is 4.32. The average molecular weight is 327 g/mol. The second-order valence-electron chi connectivity index (χ2n) is 7.39. The van der Waals surface area contributed by atoms with Crippen LogP contribution in [-0.2, 0) is 0 Å². The Bertz CT molecular complexity index is 839. The van der Waals surface area contributed by atoms with Crippen molar-refractivity contribution in [3.63, 3.8) is 0 Å². The second-order valence-corrected chi connectivity index (χ2v) is 7.39. The molecule has 1 heteroatoms. The third kappa shape index (κ3) is 4.64. The standard InChI is InChI=1S/C24H25N/c1-24(2,3)21-12-8-7-10-19(16-17-21)20-11-9-15-23(18-20)25-22-13-5-4-6-14-22/h4-6,9,11-19,25H,8H2,1-3H3. The minimum Gasteiger partial charge on any atom is -0.356 e. The van der Waals surface area contributed by atoms with Gasteiger partial charge in [0, 0.05) is 17.8 Å². The highest BCUT2D eigenvalue weighted by Crippen LogP contribution is 2.30. The highest BCUT2D eigenvalue weighted by atomic mass is 14.9. The Morgan fingerprint density at radius 3 is 2.48 bits per heavy atom. The molecule has 0 saturated carbocycles. The summed E-state index contributed by atoms with van der Waals surface area (Å²) in [7, 11) is 0. The number of hydrogen-bond acceptors (Lipinski definition) is 1. The maximum atomic E-state index is 3.46. The summed E-state index contributed by atoms with van der Waals surface area (Å²) in [6, 6.07) is 18.8. The summed E-state index contributed by atoms with van der Waals surface area (Å²) in [5.74, 6) is 6.83. The molecule has 2 aromatic rings. The fourth-order valence-corrected chi connectivity index (χ4v) is 2.89. The maximum Gasteiger partial charge on any atom is 0.0636 e. The van der Waals surface area contributed by atoms with Crippen LogP contribution in [0, 0.1) is 17.3 Å². The van der Waals surface area contributed by atoms with Crippen molar-refractivity contribution in [2.75, 3.05) is 5.32 Å². The highest BCUT2D eigenvalue weighted by Gasteiger charge is 2.15. The molecule has 0 amide bonds. The molecular formula is C24H25N. The fourth-order valence-electron chi connectivity index (χ4n) is 2.89. The van der Waals surface area contributed by atoms with Crippen LogP contribution in [0.25, 0.3) is 0 Å². The van der Waals surface area contributed by atoms with Crippen LogP contribution in [0.15, 0.2) is 78.4 Å². The zero-order valence-electron chi connectivity index (χ0n) is 15.2. The van der Waals surface area contributed by atoms with E-state index in [-0.39, 0.29) is 11.3 Å². The summed E-state index contributed by atoms with van der Waals surface area (Å²) in [4.78, 5) is 0. The first-order valence-corrected chi connectivity index (χ1v) is 8.82. The molecule has 1 atom stereocenters. The van der Waals surface area contributed by atoms with Crippen LogP contribution in [0.5, 0.6) is 0 Å². The van der Waals surface area contributed by atoms with Gasteiger partial charge >= 0.3 is 0 Å². The third-order valence-corrected chi connectivity index (χ3v) is 4.32. The summed E-state index contributed by atoms with van der Waals surface area (Å²) in [6.45, 7) is 6.74. The number of anilines is 2. The Balaban J connectivity index is 1.84. The minimum atomic E-state index is 0.128. The van der Waals surface area contributed by atoms with Gasteiger partial charge in [0.1, 0.15) is 0 Å². The van der Waals surface area contributed by atoms with Crippen LogP contribution < -0.4 is 5.32 Å². The van der Waals surface area contributed by atoms with Crippen molar-refractivity contribution < 1.29 is 0 Å². The van der Waals surface area contributed by atoms with Gasteiger partial charge in [-0.2, -0.15) is 0 Å². The fraction of sp³-hybridized carbons (Fsp3) is 0.250. The molecule has 0 radical (unpaired) electrons. The van der Waals surface area contributed by atoms with E-state index in [1.54, 1.807) is 0 Å². The van der Waals surface area contributed by atoms with Gasteiger partial charge in [0.25, 0.3) is 0 Å². The Hall–Kier alpha value is -2.72. The lowest BCUT2D eigenvalue weighted by atomic mass is 9.84. The van der Waals surface area contributed by atoms with Crippen molar-refractivity contribution in [2.45, 2.75) is 33.1 Å². The lowest BCUT2D eigenvalue weighted by Crippen LogP contribution is -2.08. The van der Waals surface area contributed by atoms with Crippen LogP contribution >= 0.6 is 0 Å². The second kappa shape index (κ2) is 7.45. The van der Waals surface area contributed by atoms with Gasteiger partial charge in [0.05, 0.1) is 5.92 Å². The summed E-state index contributed by atoms with van der Waals surface area (Å²) in [6.07, 6.45) is 7.53. The first-order valence-electron chi connectivity index (χ1n) is 8.82. The molecule has 0 spiro atoms. The van der Waals surface area contributed by atoms with E-state index in [0.29, 0.717) is 0 Å². The van der Waals surface area contributed by atoms with E-state index in [2.05, 4.69) is 92.6 Å². The Morgan fingerprint density at radius 1 is 0.960 bits per heavy atom. The van der Waals surface area contributed by atoms with Gasteiger partial charge in [0.2, 0.25) is 0 Å². The normalized spacial score (nSPS) is 16.9. The molecule has 1 aliphatic carbocycles. The molecule has 0 fully saturated rings. The monoisotopic (exact) mass is 327 g/mol. The highest BCUT2D eigenvalue weighted by molar-refractivity contribution is 5.61. The number of benzene rings is 2. The number of rotatable bonds is 3. The van der Waals surface area contributed by atoms with Crippen LogP contribution in [0.2, 0.25) is 0 Å². The SMILES string of the molecule is CC(C)(C)C1=CCC#CC(c2cccc(Nc3ccccc3)c2)C=C1. The molecule has 0 saturated heterocycles. The smallest absolute Gasteiger partial charge is 0.0636 e. The Morgan fingerprint density at radius 2 is 1.72 bits per heavy atom.